The van der Waals surface area contributed by atoms with Crippen LogP contribution in [0, 0.1) is 5.92 Å². The highest BCUT2D eigenvalue weighted by molar-refractivity contribution is 7.89. The van der Waals surface area contributed by atoms with Crippen LogP contribution in [0.1, 0.15) is 29.6 Å². The molecule has 0 radical (unpaired) electrons. The zero-order chi connectivity index (χ0) is 19.5. The van der Waals surface area contributed by atoms with Gasteiger partial charge in [-0.05, 0) is 57.1 Å². The maximum absolute atomic E-state index is 12.7. The number of amides is 1. The molecule has 8 nitrogen and oxygen atoms in total. The van der Waals surface area contributed by atoms with Crippen molar-refractivity contribution in [3.63, 3.8) is 0 Å². The highest BCUT2D eigenvalue weighted by Crippen LogP contribution is 2.26. The zero-order valence-electron chi connectivity index (χ0n) is 15.0. The van der Waals surface area contributed by atoms with Gasteiger partial charge in [-0.2, -0.15) is 0 Å². The van der Waals surface area contributed by atoms with Crippen molar-refractivity contribution in [3.05, 3.63) is 29.8 Å². The van der Waals surface area contributed by atoms with Crippen LogP contribution in [-0.2, 0) is 14.8 Å². The van der Waals surface area contributed by atoms with Crippen LogP contribution < -0.4 is 5.14 Å². The van der Waals surface area contributed by atoms with Crippen LogP contribution >= 0.6 is 0 Å². The van der Waals surface area contributed by atoms with Crippen molar-refractivity contribution in [1.29, 1.82) is 0 Å². The Morgan fingerprint density at radius 2 is 1.88 bits per heavy atom. The van der Waals surface area contributed by atoms with Crippen LogP contribution in [-0.4, -0.2) is 68.4 Å². The summed E-state index contributed by atoms with van der Waals surface area (Å²) in [5.41, 5.74) is 0.387. The van der Waals surface area contributed by atoms with Gasteiger partial charge < -0.3 is 14.9 Å². The van der Waals surface area contributed by atoms with Crippen LogP contribution in [0.4, 0.5) is 0 Å². The molecular weight excluding hydrogens is 358 g/mol. The van der Waals surface area contributed by atoms with Gasteiger partial charge in [0.2, 0.25) is 10.0 Å². The molecule has 144 valence electrons. The average Bonchev–Trinajstić information content (AvgIpc) is 2.58. The minimum absolute atomic E-state index is 0.0419. The number of carbonyl (C=O) groups excluding carboxylic acids is 1. The van der Waals surface area contributed by atoms with Gasteiger partial charge in [-0.1, -0.05) is 0 Å². The molecule has 3 N–H and O–H groups in total. The summed E-state index contributed by atoms with van der Waals surface area (Å²) in [6.45, 7) is 1.05. The molecule has 1 aliphatic rings. The number of primary sulfonamides is 1. The fourth-order valence-electron chi connectivity index (χ4n) is 3.45. The number of aliphatic carboxylic acids is 1. The van der Waals surface area contributed by atoms with Crippen LogP contribution in [0.3, 0.4) is 0 Å². The fraction of sp³-hybridized carbons (Fsp3) is 0.529. The summed E-state index contributed by atoms with van der Waals surface area (Å²) in [7, 11) is 0.123. The number of hydrogen-bond donors (Lipinski definition) is 2. The van der Waals surface area contributed by atoms with Gasteiger partial charge in [0.25, 0.3) is 5.91 Å². The van der Waals surface area contributed by atoms with E-state index >= 15 is 0 Å². The zero-order valence-corrected chi connectivity index (χ0v) is 15.8. The number of rotatable bonds is 6. The van der Waals surface area contributed by atoms with Crippen molar-refractivity contribution in [3.8, 4) is 0 Å². The Hall–Kier alpha value is -1.97. The van der Waals surface area contributed by atoms with E-state index in [1.165, 1.54) is 24.3 Å². The highest BCUT2D eigenvalue weighted by atomic mass is 32.2. The van der Waals surface area contributed by atoms with Crippen molar-refractivity contribution >= 4 is 21.9 Å². The van der Waals surface area contributed by atoms with Gasteiger partial charge >= 0.3 is 5.97 Å². The number of sulfonamides is 1. The largest absolute Gasteiger partial charge is 0.481 e. The topological polar surface area (TPSA) is 121 Å². The summed E-state index contributed by atoms with van der Waals surface area (Å²) in [5, 5.41) is 14.0. The van der Waals surface area contributed by atoms with Gasteiger partial charge in [-0.15, -0.1) is 0 Å². The normalized spacial score (nSPS) is 21.0. The predicted molar refractivity (Wildman–Crippen MR) is 96.2 cm³/mol. The Morgan fingerprint density at radius 1 is 1.27 bits per heavy atom. The van der Waals surface area contributed by atoms with E-state index in [2.05, 4.69) is 4.90 Å². The summed E-state index contributed by atoms with van der Waals surface area (Å²) in [6, 6.07) is 5.76. The molecule has 0 aliphatic carbocycles. The summed E-state index contributed by atoms with van der Waals surface area (Å²) < 4.78 is 22.6. The first kappa shape index (κ1) is 20.3. The Labute approximate surface area is 153 Å². The lowest BCUT2D eigenvalue weighted by atomic mass is 9.87. The van der Waals surface area contributed by atoms with E-state index in [9.17, 15) is 18.0 Å². The second-order valence-electron chi connectivity index (χ2n) is 6.83. The van der Waals surface area contributed by atoms with E-state index < -0.39 is 16.0 Å². The molecule has 1 aliphatic heterocycles. The molecule has 0 saturated carbocycles. The van der Waals surface area contributed by atoms with E-state index in [0.717, 1.165) is 6.42 Å². The van der Waals surface area contributed by atoms with E-state index in [0.29, 0.717) is 25.1 Å². The molecule has 1 aromatic carbocycles. The molecule has 0 unspecified atom stereocenters. The number of benzene rings is 1. The summed E-state index contributed by atoms with van der Waals surface area (Å²) in [5.74, 6) is -0.962. The first-order chi connectivity index (χ1) is 12.1. The number of hydrogen-bond acceptors (Lipinski definition) is 5. The molecule has 1 aromatic rings. The van der Waals surface area contributed by atoms with Gasteiger partial charge in [0, 0.05) is 31.1 Å². The lowest BCUT2D eigenvalue weighted by Crippen LogP contribution is -2.50. The molecule has 1 heterocycles. The van der Waals surface area contributed by atoms with Gasteiger partial charge in [-0.25, -0.2) is 13.6 Å². The molecule has 1 fully saturated rings. The van der Waals surface area contributed by atoms with Gasteiger partial charge in [-0.3, -0.25) is 9.59 Å². The van der Waals surface area contributed by atoms with Gasteiger partial charge in [0.05, 0.1) is 4.90 Å². The summed E-state index contributed by atoms with van der Waals surface area (Å²) in [6.07, 6.45) is 1.34. The molecule has 9 heteroatoms. The Kier molecular flexibility index (Phi) is 6.38. The average molecular weight is 383 g/mol. The summed E-state index contributed by atoms with van der Waals surface area (Å²) in [4.78, 5) is 27.4. The third kappa shape index (κ3) is 5.03. The molecule has 2 rings (SSSR count). The lowest BCUT2D eigenvalue weighted by Gasteiger charge is -2.41. The smallest absolute Gasteiger partial charge is 0.303 e. The van der Waals surface area contributed by atoms with Crippen molar-refractivity contribution in [2.45, 2.75) is 30.2 Å². The number of carboxylic acids is 1. The lowest BCUT2D eigenvalue weighted by molar-refractivity contribution is -0.137. The SMILES string of the molecule is CN(C)[C@H]1CCN(C(=O)c2ccc(S(N)(=O)=O)cc2)C[C@H]1CCC(=O)O. The molecule has 1 amide bonds. The molecule has 0 spiro atoms. The monoisotopic (exact) mass is 383 g/mol. The van der Waals surface area contributed by atoms with E-state index in [-0.39, 0.29) is 29.2 Å². The first-order valence-corrected chi connectivity index (χ1v) is 9.94. The maximum atomic E-state index is 12.7. The third-order valence-electron chi connectivity index (χ3n) is 4.80. The number of nitrogens with two attached hydrogens (primary N) is 1. The number of piperidine rings is 1. The molecule has 1 saturated heterocycles. The molecule has 0 bridgehead atoms. The standard InChI is InChI=1S/C17H25N3O5S/c1-19(2)15-9-10-20(11-13(15)5-8-16(21)22)17(23)12-3-6-14(7-4-12)26(18,24)25/h3-4,6-7,13,15H,5,8-11H2,1-2H3,(H,21,22)(H2,18,24,25)/t13-,15+/m1/s1. The highest BCUT2D eigenvalue weighted by Gasteiger charge is 2.33. The molecular formula is C17H25N3O5S. The minimum atomic E-state index is -3.80. The third-order valence-corrected chi connectivity index (χ3v) is 5.73. The van der Waals surface area contributed by atoms with Crippen LogP contribution in [0.5, 0.6) is 0 Å². The molecule has 26 heavy (non-hydrogen) atoms. The van der Waals surface area contributed by atoms with E-state index in [1.807, 2.05) is 14.1 Å². The number of likely N-dealkylation sites (tertiary alicyclic amines) is 1. The second-order valence-corrected chi connectivity index (χ2v) is 8.39. The Bertz CT molecular complexity index is 761. The van der Waals surface area contributed by atoms with Crippen molar-refractivity contribution in [2.24, 2.45) is 11.1 Å². The maximum Gasteiger partial charge on any atom is 0.303 e. The van der Waals surface area contributed by atoms with Crippen molar-refractivity contribution < 1.29 is 23.1 Å². The molecule has 2 atom stereocenters. The predicted octanol–water partition coefficient (Wildman–Crippen LogP) is 0.591. The Balaban J connectivity index is 2.12. The van der Waals surface area contributed by atoms with Gasteiger partial charge in [0.1, 0.15) is 0 Å². The quantitative estimate of drug-likeness (QED) is 0.742. The fourth-order valence-corrected chi connectivity index (χ4v) is 3.96. The van der Waals surface area contributed by atoms with Crippen molar-refractivity contribution in [1.82, 2.24) is 9.80 Å². The van der Waals surface area contributed by atoms with Crippen LogP contribution in [0.25, 0.3) is 0 Å². The minimum Gasteiger partial charge on any atom is -0.481 e. The van der Waals surface area contributed by atoms with E-state index in [4.69, 9.17) is 10.2 Å². The van der Waals surface area contributed by atoms with Gasteiger partial charge in [0.15, 0.2) is 0 Å². The van der Waals surface area contributed by atoms with Crippen molar-refractivity contribution in [2.75, 3.05) is 27.2 Å². The molecule has 0 aromatic heterocycles. The van der Waals surface area contributed by atoms with E-state index in [1.54, 1.807) is 4.90 Å². The number of nitrogens with zero attached hydrogens (tertiary/aromatic N) is 2. The number of carboxylic acid groups (broad SMARTS) is 1. The first-order valence-electron chi connectivity index (χ1n) is 8.40. The summed E-state index contributed by atoms with van der Waals surface area (Å²) >= 11 is 0. The van der Waals surface area contributed by atoms with Crippen LogP contribution in [0.2, 0.25) is 0 Å². The number of carbonyl (C=O) groups is 2. The van der Waals surface area contributed by atoms with Crippen LogP contribution in [0.15, 0.2) is 29.2 Å². The second kappa shape index (κ2) is 8.15. The Morgan fingerprint density at radius 3 is 2.38 bits per heavy atom.